The van der Waals surface area contributed by atoms with E-state index in [1.807, 2.05) is 55.5 Å². The first-order chi connectivity index (χ1) is 21.4. The largest absolute Gasteiger partial charge is 0.497 e. The molecule has 10 nitrogen and oxygen atoms in total. The number of aliphatic hydroxyl groups is 1. The van der Waals surface area contributed by atoms with Gasteiger partial charge < -0.3 is 24.4 Å². The number of hydrogen-bond donors (Lipinski definition) is 1. The Kier molecular flexibility index (Phi) is 7.83. The van der Waals surface area contributed by atoms with Crippen molar-refractivity contribution < 1.29 is 29.1 Å². The van der Waals surface area contributed by atoms with E-state index < -0.39 is 30.6 Å². The van der Waals surface area contributed by atoms with Crippen LogP contribution in [0.2, 0.25) is 18.6 Å². The molecule has 0 bridgehead atoms. The zero-order valence-corrected chi connectivity index (χ0v) is 27.2. The summed E-state index contributed by atoms with van der Waals surface area (Å²) in [6.07, 6.45) is -0.0704. The number of fused-ring (bicyclic) bond motifs is 3. The van der Waals surface area contributed by atoms with Gasteiger partial charge in [-0.15, -0.1) is 0 Å². The Morgan fingerprint density at radius 2 is 1.82 bits per heavy atom. The number of hydrogen-bond acceptors (Lipinski definition) is 7. The number of methoxy groups -OCH3 is 1. The van der Waals surface area contributed by atoms with Gasteiger partial charge in [0.1, 0.15) is 5.75 Å². The van der Waals surface area contributed by atoms with Gasteiger partial charge in [-0.25, -0.2) is 0 Å². The maximum Gasteiger partial charge on any atom is 0.269 e. The summed E-state index contributed by atoms with van der Waals surface area (Å²) in [5.41, 5.74) is 1.40. The number of amides is 2. The maximum atomic E-state index is 14.2. The number of non-ortho nitro benzene ring substituents is 1. The number of aliphatic hydroxyl groups excluding tert-OH is 1. The van der Waals surface area contributed by atoms with E-state index in [4.69, 9.17) is 9.47 Å². The lowest BCUT2D eigenvalue weighted by atomic mass is 9.82. The van der Waals surface area contributed by atoms with E-state index >= 15 is 0 Å². The second kappa shape index (κ2) is 11.4. The minimum Gasteiger partial charge on any atom is -0.497 e. The topological polar surface area (TPSA) is 122 Å². The number of carbonyl (C=O) groups is 2. The molecule has 0 unspecified atom stereocenters. The van der Waals surface area contributed by atoms with E-state index in [-0.39, 0.29) is 42.1 Å². The highest BCUT2D eigenvalue weighted by atomic mass is 28.3. The molecule has 236 valence electrons. The predicted molar refractivity (Wildman–Crippen MR) is 172 cm³/mol. The van der Waals surface area contributed by atoms with Crippen LogP contribution in [0.15, 0.2) is 66.7 Å². The molecule has 0 aromatic heterocycles. The number of benzene rings is 3. The molecule has 45 heavy (non-hydrogen) atoms. The predicted octanol–water partition coefficient (Wildman–Crippen LogP) is 4.13. The highest BCUT2D eigenvalue weighted by Crippen LogP contribution is 2.60. The van der Waals surface area contributed by atoms with Crippen LogP contribution in [-0.2, 0) is 32.9 Å². The van der Waals surface area contributed by atoms with Crippen LogP contribution in [0.4, 0.5) is 11.4 Å². The van der Waals surface area contributed by atoms with E-state index in [2.05, 4.69) is 13.1 Å². The summed E-state index contributed by atoms with van der Waals surface area (Å²) in [7, 11) is 0.765. The van der Waals surface area contributed by atoms with Crippen LogP contribution in [-0.4, -0.2) is 67.7 Å². The number of likely N-dealkylation sites (N-methyl/N-ethyl adjacent to an activating group) is 1. The van der Waals surface area contributed by atoms with Gasteiger partial charge in [0, 0.05) is 37.2 Å². The molecule has 1 fully saturated rings. The zero-order valence-electron chi connectivity index (χ0n) is 26.2. The van der Waals surface area contributed by atoms with Crippen LogP contribution in [0, 0.1) is 16.0 Å². The first-order valence-corrected chi connectivity index (χ1v) is 18.4. The van der Waals surface area contributed by atoms with Crippen LogP contribution >= 0.6 is 0 Å². The maximum absolute atomic E-state index is 14.2. The third kappa shape index (κ3) is 4.84. The Bertz CT molecular complexity index is 1660. The summed E-state index contributed by atoms with van der Waals surface area (Å²) >= 11 is 0. The number of nitrogens with zero attached hydrogens (tertiary/aromatic N) is 3. The molecular weight excluding hydrogens is 590 g/mol. The van der Waals surface area contributed by atoms with Crippen molar-refractivity contribution >= 4 is 36.4 Å². The lowest BCUT2D eigenvalue weighted by molar-refractivity contribution is -0.385. The standard InChI is InChI=1S/C34H39N3O7Si/c1-21-32(45(4,5)27-13-11-26(43-3)12-14-27)30(18-31(39)36-19-23-9-7-6-8-22(23)16-25(36)20-38)44-34(21)28-17-24(37(41)42)10-15-29(28)35(2)33(34)40/h6-15,17,21,25,30,32,38H,16,18-20H2,1-5H3/t21-,25+,30+,32-,34+/m1/s1. The van der Waals surface area contributed by atoms with Gasteiger partial charge in [0.2, 0.25) is 5.91 Å². The monoisotopic (exact) mass is 629 g/mol. The molecule has 0 radical (unpaired) electrons. The smallest absolute Gasteiger partial charge is 0.269 e. The molecule has 1 spiro atoms. The van der Waals surface area contributed by atoms with Crippen LogP contribution in [0.3, 0.4) is 0 Å². The molecule has 1 N–H and O–H groups in total. The average molecular weight is 630 g/mol. The lowest BCUT2D eigenvalue weighted by Gasteiger charge is -2.39. The number of ether oxygens (including phenoxy) is 2. The number of rotatable bonds is 7. The Labute approximate surface area is 263 Å². The second-order valence-electron chi connectivity index (χ2n) is 13.0. The van der Waals surface area contributed by atoms with E-state index in [0.717, 1.165) is 22.1 Å². The first-order valence-electron chi connectivity index (χ1n) is 15.3. The third-order valence-corrected chi connectivity index (χ3v) is 14.8. The van der Waals surface area contributed by atoms with Gasteiger partial charge in [-0.2, -0.15) is 0 Å². The average Bonchev–Trinajstić information content (AvgIpc) is 3.45. The fourth-order valence-corrected chi connectivity index (χ4v) is 12.1. The van der Waals surface area contributed by atoms with Crippen molar-refractivity contribution in [2.24, 2.45) is 5.92 Å². The second-order valence-corrected chi connectivity index (χ2v) is 17.7. The zero-order chi connectivity index (χ0) is 32.3. The normalized spacial score (nSPS) is 25.8. The highest BCUT2D eigenvalue weighted by Gasteiger charge is 2.66. The van der Waals surface area contributed by atoms with Gasteiger partial charge in [0.25, 0.3) is 11.6 Å². The molecule has 0 saturated carbocycles. The SMILES string of the molecule is COc1ccc([Si](C)(C)[C@H]2[C@H](CC(=O)N3Cc4ccccc4C[C@H]3CO)O[C@@]3(C(=O)N(C)c4ccc([N+](=O)[O-])cc43)[C@@H]2C)cc1. The van der Waals surface area contributed by atoms with Crippen molar-refractivity contribution in [2.75, 3.05) is 25.7 Å². The van der Waals surface area contributed by atoms with Crippen LogP contribution in [0.25, 0.3) is 0 Å². The summed E-state index contributed by atoms with van der Waals surface area (Å²) < 4.78 is 12.3. The van der Waals surface area contributed by atoms with Gasteiger partial charge in [0.15, 0.2) is 5.60 Å². The lowest BCUT2D eigenvalue weighted by Crippen LogP contribution is -2.52. The summed E-state index contributed by atoms with van der Waals surface area (Å²) in [4.78, 5) is 43.1. The summed E-state index contributed by atoms with van der Waals surface area (Å²) in [6, 6.07) is 20.0. The first kappa shape index (κ1) is 30.9. The minimum atomic E-state index is -2.51. The number of nitro benzene ring substituents is 1. The Morgan fingerprint density at radius 1 is 1.13 bits per heavy atom. The molecule has 0 aliphatic carbocycles. The van der Waals surface area contributed by atoms with Crippen molar-refractivity contribution in [3.8, 4) is 5.75 Å². The number of carbonyl (C=O) groups excluding carboxylic acids is 2. The van der Waals surface area contributed by atoms with Crippen molar-refractivity contribution in [3.63, 3.8) is 0 Å². The quantitative estimate of drug-likeness (QED) is 0.237. The Morgan fingerprint density at radius 3 is 2.47 bits per heavy atom. The molecule has 6 rings (SSSR count). The molecular formula is C34H39N3O7Si. The van der Waals surface area contributed by atoms with Crippen molar-refractivity contribution in [2.45, 2.75) is 62.7 Å². The summed E-state index contributed by atoms with van der Waals surface area (Å²) in [6.45, 7) is 6.65. The molecule has 3 aromatic carbocycles. The fourth-order valence-electron chi connectivity index (χ4n) is 8.05. The third-order valence-electron chi connectivity index (χ3n) is 10.4. The molecule has 3 aromatic rings. The highest BCUT2D eigenvalue weighted by molar-refractivity contribution is 6.91. The van der Waals surface area contributed by atoms with Gasteiger partial charge in [-0.05, 0) is 41.3 Å². The molecule has 3 aliphatic rings. The summed E-state index contributed by atoms with van der Waals surface area (Å²) in [5.74, 6) is -0.102. The Balaban J connectivity index is 1.43. The Hall–Kier alpha value is -4.06. The molecule has 11 heteroatoms. The number of nitro groups is 1. The van der Waals surface area contributed by atoms with Crippen molar-refractivity contribution in [3.05, 3.63) is 93.5 Å². The van der Waals surface area contributed by atoms with Crippen LogP contribution in [0.1, 0.15) is 30.0 Å². The van der Waals surface area contributed by atoms with E-state index in [0.29, 0.717) is 24.2 Å². The molecule has 3 aliphatic heterocycles. The van der Waals surface area contributed by atoms with Crippen molar-refractivity contribution in [1.82, 2.24) is 4.90 Å². The molecule has 5 atom stereocenters. The van der Waals surface area contributed by atoms with Crippen LogP contribution in [0.5, 0.6) is 5.75 Å². The van der Waals surface area contributed by atoms with E-state index in [1.54, 1.807) is 25.1 Å². The van der Waals surface area contributed by atoms with Gasteiger partial charge in [0.05, 0.1) is 51.0 Å². The fraction of sp³-hybridized carbons (Fsp3) is 0.412. The minimum absolute atomic E-state index is 0.0171. The van der Waals surface area contributed by atoms with Crippen molar-refractivity contribution in [1.29, 1.82) is 0 Å². The van der Waals surface area contributed by atoms with E-state index in [9.17, 15) is 24.8 Å². The molecule has 2 amide bonds. The van der Waals surface area contributed by atoms with Gasteiger partial charge in [-0.1, -0.05) is 61.6 Å². The number of anilines is 1. The van der Waals surface area contributed by atoms with Crippen LogP contribution < -0.4 is 14.8 Å². The summed E-state index contributed by atoms with van der Waals surface area (Å²) in [5, 5.41) is 23.2. The molecule has 1 saturated heterocycles. The van der Waals surface area contributed by atoms with Gasteiger partial charge in [-0.3, -0.25) is 19.7 Å². The van der Waals surface area contributed by atoms with Gasteiger partial charge >= 0.3 is 0 Å². The molecule has 3 heterocycles. The van der Waals surface area contributed by atoms with E-state index in [1.165, 1.54) is 17.0 Å².